The fourth-order valence-corrected chi connectivity index (χ4v) is 1.72. The molecule has 0 radical (unpaired) electrons. The number of aryl methyl sites for hydroxylation is 1. The summed E-state index contributed by atoms with van der Waals surface area (Å²) in [7, 11) is 1.95. The van der Waals surface area contributed by atoms with Gasteiger partial charge >= 0.3 is 0 Å². The van der Waals surface area contributed by atoms with Gasteiger partial charge in [0.2, 0.25) is 0 Å². The molecule has 4 heteroatoms. The first-order chi connectivity index (χ1) is 7.74. The van der Waals surface area contributed by atoms with Crippen molar-refractivity contribution in [3.8, 4) is 11.1 Å². The minimum absolute atomic E-state index is 0.757. The maximum Gasteiger partial charge on any atom is 0.125 e. The van der Waals surface area contributed by atoms with Gasteiger partial charge < -0.3 is 9.73 Å². The van der Waals surface area contributed by atoms with Crippen LogP contribution in [0.2, 0.25) is 0 Å². The molecule has 0 aliphatic heterocycles. The molecule has 0 fully saturated rings. The van der Waals surface area contributed by atoms with Gasteiger partial charge in [-0.05, 0) is 19.5 Å². The van der Waals surface area contributed by atoms with E-state index in [0.717, 1.165) is 35.7 Å². The number of rotatable bonds is 4. The Labute approximate surface area is 95.3 Å². The highest BCUT2D eigenvalue weighted by Gasteiger charge is 2.12. The van der Waals surface area contributed by atoms with Gasteiger partial charge in [0.05, 0.1) is 19.0 Å². The molecule has 2 rings (SSSR count). The van der Waals surface area contributed by atoms with E-state index in [9.17, 15) is 0 Å². The van der Waals surface area contributed by atoms with Crippen molar-refractivity contribution in [1.82, 2.24) is 15.1 Å². The van der Waals surface area contributed by atoms with Gasteiger partial charge in [0.1, 0.15) is 5.76 Å². The molecule has 2 heterocycles. The normalized spacial score (nSPS) is 10.9. The van der Waals surface area contributed by atoms with Crippen LogP contribution < -0.4 is 5.32 Å². The second-order valence-corrected chi connectivity index (χ2v) is 3.81. The van der Waals surface area contributed by atoms with Gasteiger partial charge in [-0.15, -0.1) is 0 Å². The topological polar surface area (TPSA) is 43.0 Å². The number of furan rings is 1. The first-order valence-corrected chi connectivity index (χ1v) is 5.50. The van der Waals surface area contributed by atoms with E-state index in [-0.39, 0.29) is 0 Å². The summed E-state index contributed by atoms with van der Waals surface area (Å²) in [5, 5.41) is 7.51. The highest BCUT2D eigenvalue weighted by atomic mass is 16.3. The van der Waals surface area contributed by atoms with Crippen LogP contribution in [0.4, 0.5) is 0 Å². The molecule has 0 spiro atoms. The van der Waals surface area contributed by atoms with Gasteiger partial charge in [-0.25, -0.2) is 0 Å². The monoisotopic (exact) mass is 219 g/mol. The van der Waals surface area contributed by atoms with Crippen molar-refractivity contribution in [3.63, 3.8) is 0 Å². The van der Waals surface area contributed by atoms with Gasteiger partial charge in [-0.2, -0.15) is 5.10 Å². The molecule has 0 aliphatic carbocycles. The van der Waals surface area contributed by atoms with Crippen LogP contribution in [0.15, 0.2) is 22.9 Å². The summed E-state index contributed by atoms with van der Waals surface area (Å²) >= 11 is 0. The number of aromatic nitrogens is 2. The molecule has 2 aromatic heterocycles. The minimum Gasteiger partial charge on any atom is -0.467 e. The van der Waals surface area contributed by atoms with Crippen molar-refractivity contribution in [2.75, 3.05) is 6.54 Å². The fraction of sp³-hybridized carbons (Fsp3) is 0.417. The Bertz CT molecular complexity index is 470. The smallest absolute Gasteiger partial charge is 0.125 e. The van der Waals surface area contributed by atoms with Crippen molar-refractivity contribution in [1.29, 1.82) is 0 Å². The number of hydrogen-bond acceptors (Lipinski definition) is 3. The van der Waals surface area contributed by atoms with E-state index in [1.807, 2.05) is 24.0 Å². The van der Waals surface area contributed by atoms with E-state index >= 15 is 0 Å². The molecule has 0 saturated heterocycles. The van der Waals surface area contributed by atoms with Crippen LogP contribution in [0.1, 0.15) is 18.4 Å². The van der Waals surface area contributed by atoms with Crippen LogP contribution >= 0.6 is 0 Å². The zero-order valence-corrected chi connectivity index (χ0v) is 9.95. The van der Waals surface area contributed by atoms with E-state index in [1.165, 1.54) is 0 Å². The Balaban J connectivity index is 2.33. The minimum atomic E-state index is 0.757. The Morgan fingerprint density at radius 3 is 2.88 bits per heavy atom. The Morgan fingerprint density at radius 2 is 2.25 bits per heavy atom. The molecule has 1 N–H and O–H groups in total. The third-order valence-electron chi connectivity index (χ3n) is 2.81. The standard InChI is InChI=1S/C12H17N3O/c1-4-13-8-12-10(5-6-16-12)11-7-14-15(3)9(11)2/h5-7,13H,4,8H2,1-3H3. The SMILES string of the molecule is CCNCc1occc1-c1cnn(C)c1C. The number of nitrogens with zero attached hydrogens (tertiary/aromatic N) is 2. The molecule has 0 amide bonds. The largest absolute Gasteiger partial charge is 0.467 e. The predicted molar refractivity (Wildman–Crippen MR) is 63.0 cm³/mol. The van der Waals surface area contributed by atoms with E-state index in [1.54, 1.807) is 6.26 Å². The zero-order valence-electron chi connectivity index (χ0n) is 9.95. The second kappa shape index (κ2) is 4.53. The molecular weight excluding hydrogens is 202 g/mol. The van der Waals surface area contributed by atoms with Gasteiger partial charge in [0, 0.05) is 23.9 Å². The molecule has 0 saturated carbocycles. The lowest BCUT2D eigenvalue weighted by Gasteiger charge is -2.03. The molecule has 86 valence electrons. The van der Waals surface area contributed by atoms with Gasteiger partial charge in [0.25, 0.3) is 0 Å². The maximum absolute atomic E-state index is 5.49. The summed E-state index contributed by atoms with van der Waals surface area (Å²) < 4.78 is 7.36. The average Bonchev–Trinajstić information content (AvgIpc) is 2.85. The zero-order chi connectivity index (χ0) is 11.5. The summed E-state index contributed by atoms with van der Waals surface area (Å²) in [6.07, 6.45) is 3.62. The molecule has 4 nitrogen and oxygen atoms in total. The molecule has 0 bridgehead atoms. The summed E-state index contributed by atoms with van der Waals surface area (Å²) in [4.78, 5) is 0. The highest BCUT2D eigenvalue weighted by Crippen LogP contribution is 2.27. The average molecular weight is 219 g/mol. The van der Waals surface area contributed by atoms with E-state index in [4.69, 9.17) is 4.42 Å². The summed E-state index contributed by atoms with van der Waals surface area (Å²) in [5.41, 5.74) is 3.43. The van der Waals surface area contributed by atoms with Gasteiger partial charge in [-0.3, -0.25) is 4.68 Å². The molecule has 0 unspecified atom stereocenters. The number of nitrogens with one attached hydrogen (secondary N) is 1. The summed E-state index contributed by atoms with van der Waals surface area (Å²) in [5.74, 6) is 0.970. The number of hydrogen-bond donors (Lipinski definition) is 1. The maximum atomic E-state index is 5.49. The van der Waals surface area contributed by atoms with Crippen molar-refractivity contribution < 1.29 is 4.42 Å². The predicted octanol–water partition coefficient (Wildman–Crippen LogP) is 2.10. The first-order valence-electron chi connectivity index (χ1n) is 5.50. The quantitative estimate of drug-likeness (QED) is 0.856. The van der Waals surface area contributed by atoms with Crippen molar-refractivity contribution in [3.05, 3.63) is 30.0 Å². The van der Waals surface area contributed by atoms with Crippen LogP contribution in [0.5, 0.6) is 0 Å². The van der Waals surface area contributed by atoms with Crippen molar-refractivity contribution >= 4 is 0 Å². The molecule has 0 aliphatic rings. The lowest BCUT2D eigenvalue weighted by molar-refractivity contribution is 0.489. The molecular formula is C12H17N3O. The lowest BCUT2D eigenvalue weighted by atomic mass is 10.1. The first kappa shape index (κ1) is 11.0. The van der Waals surface area contributed by atoms with Crippen LogP contribution in [0, 0.1) is 6.92 Å². The molecule has 0 atom stereocenters. The van der Waals surface area contributed by atoms with Crippen molar-refractivity contribution in [2.45, 2.75) is 20.4 Å². The highest BCUT2D eigenvalue weighted by molar-refractivity contribution is 5.67. The second-order valence-electron chi connectivity index (χ2n) is 3.81. The van der Waals surface area contributed by atoms with Crippen LogP contribution in [-0.4, -0.2) is 16.3 Å². The fourth-order valence-electron chi connectivity index (χ4n) is 1.72. The lowest BCUT2D eigenvalue weighted by Crippen LogP contribution is -2.11. The van der Waals surface area contributed by atoms with Crippen LogP contribution in [-0.2, 0) is 13.6 Å². The summed E-state index contributed by atoms with van der Waals surface area (Å²) in [6.45, 7) is 5.84. The molecule has 16 heavy (non-hydrogen) atoms. The molecule has 2 aromatic rings. The van der Waals surface area contributed by atoms with Gasteiger partial charge in [0.15, 0.2) is 0 Å². The Hall–Kier alpha value is -1.55. The van der Waals surface area contributed by atoms with Gasteiger partial charge in [-0.1, -0.05) is 6.92 Å². The summed E-state index contributed by atoms with van der Waals surface area (Å²) in [6, 6.07) is 2.00. The molecule has 0 aromatic carbocycles. The van der Waals surface area contributed by atoms with Crippen LogP contribution in [0.25, 0.3) is 11.1 Å². The van der Waals surface area contributed by atoms with Crippen molar-refractivity contribution in [2.24, 2.45) is 7.05 Å². The van der Waals surface area contributed by atoms with E-state index in [2.05, 4.69) is 24.3 Å². The van der Waals surface area contributed by atoms with E-state index < -0.39 is 0 Å². The third kappa shape index (κ3) is 1.88. The van der Waals surface area contributed by atoms with E-state index in [0.29, 0.717) is 0 Å². The Kier molecular flexibility index (Phi) is 3.10. The Morgan fingerprint density at radius 1 is 1.44 bits per heavy atom. The van der Waals surface area contributed by atoms with Crippen LogP contribution in [0.3, 0.4) is 0 Å². The third-order valence-corrected chi connectivity index (χ3v) is 2.81.